The Labute approximate surface area is 95.2 Å². The maximum atomic E-state index is 12.0. The van der Waals surface area contributed by atoms with Gasteiger partial charge in [0.2, 0.25) is 5.91 Å². The smallest absolute Gasteiger partial charge is 0.331 e. The van der Waals surface area contributed by atoms with Gasteiger partial charge in [0, 0.05) is 24.2 Å². The number of hydrogen-bond donors (Lipinski definition) is 1. The number of aliphatic carboxylic acids is 1. The summed E-state index contributed by atoms with van der Waals surface area (Å²) in [6, 6.07) is 0. The highest BCUT2D eigenvalue weighted by atomic mass is 16.4. The lowest BCUT2D eigenvalue weighted by Gasteiger charge is -2.26. The molecule has 4 heteroatoms. The Morgan fingerprint density at radius 2 is 1.94 bits per heavy atom. The van der Waals surface area contributed by atoms with Gasteiger partial charge in [0.1, 0.15) is 0 Å². The molecular formula is C12H17NO3. The van der Waals surface area contributed by atoms with Crippen molar-refractivity contribution in [2.45, 2.75) is 27.2 Å². The summed E-state index contributed by atoms with van der Waals surface area (Å²) < 4.78 is 0. The molecule has 1 aliphatic rings. The predicted octanol–water partition coefficient (Wildman–Crippen LogP) is 1.59. The molecule has 0 bridgehead atoms. The van der Waals surface area contributed by atoms with E-state index in [-0.39, 0.29) is 11.5 Å². The second-order valence-electron chi connectivity index (χ2n) is 4.12. The second-order valence-corrected chi connectivity index (χ2v) is 4.12. The molecule has 1 rings (SSSR count). The van der Waals surface area contributed by atoms with Crippen LogP contribution in [0.5, 0.6) is 0 Å². The van der Waals surface area contributed by atoms with E-state index in [0.717, 1.165) is 12.0 Å². The molecule has 0 saturated carbocycles. The topological polar surface area (TPSA) is 57.6 Å². The van der Waals surface area contributed by atoms with Gasteiger partial charge in [-0.2, -0.15) is 0 Å². The summed E-state index contributed by atoms with van der Waals surface area (Å²) >= 11 is 0. The molecule has 0 aliphatic carbocycles. The number of carboxylic acids is 1. The summed E-state index contributed by atoms with van der Waals surface area (Å²) in [7, 11) is 0. The summed E-state index contributed by atoms with van der Waals surface area (Å²) in [5.41, 5.74) is 1.60. The van der Waals surface area contributed by atoms with E-state index in [1.807, 2.05) is 6.92 Å². The molecule has 0 spiro atoms. The lowest BCUT2D eigenvalue weighted by molar-refractivity contribution is -0.133. The Morgan fingerprint density at radius 3 is 2.44 bits per heavy atom. The molecule has 88 valence electrons. The van der Waals surface area contributed by atoms with E-state index < -0.39 is 5.97 Å². The van der Waals surface area contributed by atoms with Crippen molar-refractivity contribution in [3.63, 3.8) is 0 Å². The van der Waals surface area contributed by atoms with Crippen LogP contribution in [-0.2, 0) is 9.59 Å². The summed E-state index contributed by atoms with van der Waals surface area (Å²) in [4.78, 5) is 24.4. The van der Waals surface area contributed by atoms with Crippen LogP contribution in [0, 0.1) is 0 Å². The fourth-order valence-corrected chi connectivity index (χ4v) is 1.64. The van der Waals surface area contributed by atoms with E-state index in [1.165, 1.54) is 6.92 Å². The Bertz CT molecular complexity index is 380. The summed E-state index contributed by atoms with van der Waals surface area (Å²) in [5.74, 6) is -1.21. The van der Waals surface area contributed by atoms with Gasteiger partial charge in [-0.05, 0) is 27.2 Å². The number of carbonyl (C=O) groups is 2. The molecule has 0 fully saturated rings. The summed E-state index contributed by atoms with van der Waals surface area (Å²) in [5, 5.41) is 8.81. The normalized spacial score (nSPS) is 17.7. The number of amides is 1. The third-order valence-corrected chi connectivity index (χ3v) is 2.82. The van der Waals surface area contributed by atoms with E-state index in [1.54, 1.807) is 11.8 Å². The first kappa shape index (κ1) is 12.5. The molecule has 0 saturated heterocycles. The zero-order chi connectivity index (χ0) is 12.3. The zero-order valence-electron chi connectivity index (χ0n) is 9.91. The molecular weight excluding hydrogens is 206 g/mol. The van der Waals surface area contributed by atoms with Crippen LogP contribution < -0.4 is 0 Å². The Kier molecular flexibility index (Phi) is 3.88. The van der Waals surface area contributed by atoms with Crippen molar-refractivity contribution in [1.82, 2.24) is 4.90 Å². The SMILES string of the molecule is CC1=CCCN(C(=O)/C(C)=C(\C)C(=O)O)C1. The van der Waals surface area contributed by atoms with Gasteiger partial charge < -0.3 is 10.0 Å². The third kappa shape index (κ3) is 2.72. The van der Waals surface area contributed by atoms with Gasteiger partial charge in [-0.1, -0.05) is 11.6 Å². The molecule has 4 nitrogen and oxygen atoms in total. The lowest BCUT2D eigenvalue weighted by atomic mass is 10.1. The highest BCUT2D eigenvalue weighted by Gasteiger charge is 2.20. The van der Waals surface area contributed by atoms with Gasteiger partial charge in [0.25, 0.3) is 0 Å². The number of carbonyl (C=O) groups excluding carboxylic acids is 1. The number of hydrogen-bond acceptors (Lipinski definition) is 2. The molecule has 0 aromatic heterocycles. The zero-order valence-corrected chi connectivity index (χ0v) is 9.91. The van der Waals surface area contributed by atoms with E-state index in [0.29, 0.717) is 18.7 Å². The fourth-order valence-electron chi connectivity index (χ4n) is 1.64. The molecule has 1 heterocycles. The van der Waals surface area contributed by atoms with Gasteiger partial charge in [-0.15, -0.1) is 0 Å². The minimum atomic E-state index is -1.03. The van der Waals surface area contributed by atoms with Crippen LogP contribution in [0.15, 0.2) is 22.8 Å². The van der Waals surface area contributed by atoms with Crippen LogP contribution >= 0.6 is 0 Å². The number of rotatable bonds is 2. The van der Waals surface area contributed by atoms with Crippen molar-refractivity contribution < 1.29 is 14.7 Å². The Balaban J connectivity index is 2.83. The van der Waals surface area contributed by atoms with Gasteiger partial charge >= 0.3 is 5.97 Å². The van der Waals surface area contributed by atoms with Crippen LogP contribution in [0.3, 0.4) is 0 Å². The van der Waals surface area contributed by atoms with Crippen molar-refractivity contribution in [2.75, 3.05) is 13.1 Å². The monoisotopic (exact) mass is 223 g/mol. The minimum Gasteiger partial charge on any atom is -0.478 e. The van der Waals surface area contributed by atoms with Crippen molar-refractivity contribution in [3.05, 3.63) is 22.8 Å². The van der Waals surface area contributed by atoms with Crippen LogP contribution in [0.25, 0.3) is 0 Å². The van der Waals surface area contributed by atoms with Gasteiger partial charge in [0.15, 0.2) is 0 Å². The number of carboxylic acid groups (broad SMARTS) is 1. The van der Waals surface area contributed by atoms with Crippen LogP contribution in [-0.4, -0.2) is 35.0 Å². The van der Waals surface area contributed by atoms with Crippen molar-refractivity contribution >= 4 is 11.9 Å². The fraction of sp³-hybridized carbons (Fsp3) is 0.500. The van der Waals surface area contributed by atoms with Crippen molar-refractivity contribution in [1.29, 1.82) is 0 Å². The molecule has 1 aliphatic heterocycles. The lowest BCUT2D eigenvalue weighted by Crippen LogP contribution is -2.36. The van der Waals surface area contributed by atoms with Gasteiger partial charge in [-0.25, -0.2) is 4.79 Å². The predicted molar refractivity (Wildman–Crippen MR) is 61.0 cm³/mol. The standard InChI is InChI=1S/C12H17NO3/c1-8-5-4-6-13(7-8)11(14)9(2)10(3)12(15)16/h5H,4,6-7H2,1-3H3,(H,15,16)/b10-9+. The maximum absolute atomic E-state index is 12.0. The third-order valence-electron chi connectivity index (χ3n) is 2.82. The largest absolute Gasteiger partial charge is 0.478 e. The van der Waals surface area contributed by atoms with E-state index in [4.69, 9.17) is 5.11 Å². The molecule has 1 amide bonds. The first-order chi connectivity index (χ1) is 7.43. The van der Waals surface area contributed by atoms with E-state index in [9.17, 15) is 9.59 Å². The Hall–Kier alpha value is -1.58. The van der Waals surface area contributed by atoms with E-state index in [2.05, 4.69) is 6.08 Å². The molecule has 1 N–H and O–H groups in total. The molecule has 0 aromatic carbocycles. The van der Waals surface area contributed by atoms with Crippen LogP contribution in [0.1, 0.15) is 27.2 Å². The van der Waals surface area contributed by atoms with Gasteiger partial charge in [-0.3, -0.25) is 4.79 Å². The highest BCUT2D eigenvalue weighted by molar-refractivity contribution is 6.01. The molecule has 0 radical (unpaired) electrons. The molecule has 0 unspecified atom stereocenters. The quantitative estimate of drug-likeness (QED) is 0.571. The second kappa shape index (κ2) is 4.96. The number of nitrogens with zero attached hydrogens (tertiary/aromatic N) is 1. The molecule has 0 atom stereocenters. The average Bonchev–Trinajstić information content (AvgIpc) is 2.26. The average molecular weight is 223 g/mol. The van der Waals surface area contributed by atoms with E-state index >= 15 is 0 Å². The first-order valence-electron chi connectivity index (χ1n) is 5.29. The molecule has 0 aromatic rings. The first-order valence-corrected chi connectivity index (χ1v) is 5.29. The maximum Gasteiger partial charge on any atom is 0.331 e. The highest BCUT2D eigenvalue weighted by Crippen LogP contribution is 2.14. The van der Waals surface area contributed by atoms with Crippen molar-refractivity contribution in [3.8, 4) is 0 Å². The van der Waals surface area contributed by atoms with Crippen molar-refractivity contribution in [2.24, 2.45) is 0 Å². The van der Waals surface area contributed by atoms with Gasteiger partial charge in [0.05, 0.1) is 0 Å². The van der Waals surface area contributed by atoms with Crippen LogP contribution in [0.2, 0.25) is 0 Å². The summed E-state index contributed by atoms with van der Waals surface area (Å²) in [6.07, 6.45) is 2.95. The summed E-state index contributed by atoms with van der Waals surface area (Å²) in [6.45, 7) is 6.27. The molecule has 16 heavy (non-hydrogen) atoms. The Morgan fingerprint density at radius 1 is 1.31 bits per heavy atom. The minimum absolute atomic E-state index is 0.122. The van der Waals surface area contributed by atoms with Crippen LogP contribution in [0.4, 0.5) is 0 Å².